The fourth-order valence-corrected chi connectivity index (χ4v) is 2.46. The Morgan fingerprint density at radius 3 is 2.60 bits per heavy atom. The Morgan fingerprint density at radius 2 is 1.80 bits per heavy atom. The number of esters is 1. The van der Waals surface area contributed by atoms with Gasteiger partial charge in [0.1, 0.15) is 12.0 Å². The average Bonchev–Trinajstić information content (AvgIpc) is 2.99. The van der Waals surface area contributed by atoms with E-state index in [1.54, 1.807) is 6.07 Å². The maximum Gasteiger partial charge on any atom is 0.400 e. The number of ether oxygens (including phenoxy) is 1. The summed E-state index contributed by atoms with van der Waals surface area (Å²) in [6.45, 7) is 0. The van der Waals surface area contributed by atoms with Crippen molar-refractivity contribution >= 4 is 5.97 Å². The van der Waals surface area contributed by atoms with Crippen molar-refractivity contribution in [3.05, 3.63) is 60.8 Å². The number of hydrogen-bond acceptors (Lipinski definition) is 4. The lowest BCUT2D eigenvalue weighted by molar-refractivity contribution is 0.0694. The van der Waals surface area contributed by atoms with Crippen molar-refractivity contribution in [2.24, 2.45) is 0 Å². The van der Waals surface area contributed by atoms with Gasteiger partial charge in [0.25, 0.3) is 0 Å². The van der Waals surface area contributed by atoms with Gasteiger partial charge in [-0.1, -0.05) is 36.4 Å². The number of nitrogens with zero attached hydrogens (tertiary/aromatic N) is 1. The third-order valence-electron chi connectivity index (χ3n) is 3.32. The normalized spacial score (nSPS) is 11.2. The van der Waals surface area contributed by atoms with Crippen LogP contribution in [0.15, 0.2) is 59.3 Å². The van der Waals surface area contributed by atoms with Gasteiger partial charge in [0.2, 0.25) is 0 Å². The van der Waals surface area contributed by atoms with Gasteiger partial charge in [0.05, 0.1) is 6.20 Å². The summed E-state index contributed by atoms with van der Waals surface area (Å²) in [6.07, 6.45) is 2.75. The second kappa shape index (κ2) is 4.06. The molecule has 0 saturated carbocycles. The van der Waals surface area contributed by atoms with Crippen molar-refractivity contribution < 1.29 is 13.9 Å². The number of oxazole rings is 1. The monoisotopic (exact) mass is 263 g/mol. The Balaban J connectivity index is 1.72. The topological polar surface area (TPSA) is 52.3 Å². The predicted molar refractivity (Wildman–Crippen MR) is 72.3 cm³/mol. The molecule has 1 aromatic heterocycles. The number of aromatic nitrogens is 1. The first-order valence-electron chi connectivity index (χ1n) is 6.19. The van der Waals surface area contributed by atoms with Crippen LogP contribution in [-0.4, -0.2) is 11.0 Å². The lowest BCUT2D eigenvalue weighted by Gasteiger charge is -2.25. The lowest BCUT2D eigenvalue weighted by Crippen LogP contribution is -2.11. The van der Waals surface area contributed by atoms with Crippen molar-refractivity contribution in [2.75, 3.05) is 0 Å². The second-order valence-electron chi connectivity index (χ2n) is 4.45. The summed E-state index contributed by atoms with van der Waals surface area (Å²) >= 11 is 0. The van der Waals surface area contributed by atoms with Crippen LogP contribution in [-0.2, 0) is 0 Å². The van der Waals surface area contributed by atoms with Gasteiger partial charge in [-0.25, -0.2) is 9.78 Å². The molecule has 0 radical (unpaired) electrons. The summed E-state index contributed by atoms with van der Waals surface area (Å²) < 4.78 is 10.3. The fraction of sp³-hybridized carbons (Fsp3) is 0. The van der Waals surface area contributed by atoms with Gasteiger partial charge >= 0.3 is 11.9 Å². The number of hydrogen-bond donors (Lipinski definition) is 0. The summed E-state index contributed by atoms with van der Waals surface area (Å²) in [7, 11) is 0. The van der Waals surface area contributed by atoms with Crippen LogP contribution < -0.4 is 4.74 Å². The molecule has 0 unspecified atom stereocenters. The van der Waals surface area contributed by atoms with Gasteiger partial charge in [-0.3, -0.25) is 0 Å². The maximum absolute atomic E-state index is 11.9. The molecule has 0 N–H and O–H groups in total. The van der Waals surface area contributed by atoms with E-state index in [-0.39, 0.29) is 5.89 Å². The van der Waals surface area contributed by atoms with E-state index in [1.807, 2.05) is 30.3 Å². The molecule has 0 aliphatic heterocycles. The molecule has 0 saturated heterocycles. The molecule has 0 fully saturated rings. The van der Waals surface area contributed by atoms with Gasteiger partial charge in [0, 0.05) is 5.56 Å². The van der Waals surface area contributed by atoms with Crippen LogP contribution >= 0.6 is 0 Å². The highest BCUT2D eigenvalue weighted by Gasteiger charge is 2.27. The van der Waals surface area contributed by atoms with Crippen LogP contribution in [0.5, 0.6) is 5.75 Å². The number of rotatable bonds is 2. The van der Waals surface area contributed by atoms with Crippen LogP contribution in [0.25, 0.3) is 22.3 Å². The summed E-state index contributed by atoms with van der Waals surface area (Å²) in [4.78, 5) is 15.7. The molecular weight excluding hydrogens is 254 g/mol. The SMILES string of the molecule is O=C(Oc1cccc2c1-c1ccccc1-2)c1ncco1. The van der Waals surface area contributed by atoms with Crippen molar-refractivity contribution in [1.29, 1.82) is 0 Å². The first-order chi connectivity index (χ1) is 9.84. The van der Waals surface area contributed by atoms with Gasteiger partial charge in [-0.05, 0) is 22.8 Å². The van der Waals surface area contributed by atoms with Crippen LogP contribution in [0, 0.1) is 0 Å². The van der Waals surface area contributed by atoms with Crippen molar-refractivity contribution in [2.45, 2.75) is 0 Å². The van der Waals surface area contributed by atoms with Gasteiger partial charge in [-0.15, -0.1) is 0 Å². The fourth-order valence-electron chi connectivity index (χ4n) is 2.46. The smallest absolute Gasteiger partial charge is 0.400 e. The molecule has 4 nitrogen and oxygen atoms in total. The van der Waals surface area contributed by atoms with Gasteiger partial charge in [0.15, 0.2) is 0 Å². The molecule has 1 aliphatic rings. The number of benzene rings is 2. The zero-order chi connectivity index (χ0) is 13.5. The number of carbonyl (C=O) groups is 1. The zero-order valence-corrected chi connectivity index (χ0v) is 10.4. The average molecular weight is 263 g/mol. The Kier molecular flexibility index (Phi) is 2.23. The molecule has 0 amide bonds. The third-order valence-corrected chi connectivity index (χ3v) is 3.32. The minimum Gasteiger partial charge on any atom is -0.440 e. The Hall–Kier alpha value is -2.88. The van der Waals surface area contributed by atoms with E-state index < -0.39 is 5.97 Å². The highest BCUT2D eigenvalue weighted by Crippen LogP contribution is 2.51. The third kappa shape index (κ3) is 1.48. The summed E-state index contributed by atoms with van der Waals surface area (Å²) in [6, 6.07) is 13.7. The molecule has 1 heterocycles. The van der Waals surface area contributed by atoms with E-state index in [2.05, 4.69) is 11.1 Å². The summed E-state index contributed by atoms with van der Waals surface area (Å²) in [5, 5.41) is 0. The molecule has 0 bridgehead atoms. The standard InChI is InChI=1S/C16H9NO3/c18-16(15-17-8-9-19-15)20-13-7-3-6-12-10-4-1-2-5-11(10)14(12)13/h1-9H. The maximum atomic E-state index is 11.9. The van der Waals surface area contributed by atoms with E-state index in [1.165, 1.54) is 18.0 Å². The molecule has 2 aromatic carbocycles. The molecule has 3 aromatic rings. The molecule has 96 valence electrons. The Morgan fingerprint density at radius 1 is 1.00 bits per heavy atom. The highest BCUT2D eigenvalue weighted by molar-refractivity contribution is 6.05. The first kappa shape index (κ1) is 11.0. The van der Waals surface area contributed by atoms with Crippen LogP contribution in [0.1, 0.15) is 10.7 Å². The number of carbonyl (C=O) groups excluding carboxylic acids is 1. The molecule has 4 rings (SSSR count). The molecule has 1 aliphatic carbocycles. The lowest BCUT2D eigenvalue weighted by atomic mass is 9.80. The molecule has 0 atom stereocenters. The van der Waals surface area contributed by atoms with Crippen molar-refractivity contribution in [3.8, 4) is 28.0 Å². The summed E-state index contributed by atoms with van der Waals surface area (Å²) in [5.41, 5.74) is 4.33. The molecule has 0 spiro atoms. The Bertz CT molecular complexity index is 806. The van der Waals surface area contributed by atoms with Crippen LogP contribution in [0.3, 0.4) is 0 Å². The zero-order valence-electron chi connectivity index (χ0n) is 10.4. The molecule has 20 heavy (non-hydrogen) atoms. The van der Waals surface area contributed by atoms with Crippen LogP contribution in [0.2, 0.25) is 0 Å². The van der Waals surface area contributed by atoms with E-state index in [0.29, 0.717) is 5.75 Å². The van der Waals surface area contributed by atoms with E-state index in [0.717, 1.165) is 16.7 Å². The quantitative estimate of drug-likeness (QED) is 0.410. The number of fused-ring (bicyclic) bond motifs is 4. The van der Waals surface area contributed by atoms with Crippen molar-refractivity contribution in [1.82, 2.24) is 4.98 Å². The minimum absolute atomic E-state index is 0.0461. The minimum atomic E-state index is -0.590. The highest BCUT2D eigenvalue weighted by atomic mass is 16.5. The predicted octanol–water partition coefficient (Wildman–Crippen LogP) is 3.54. The second-order valence-corrected chi connectivity index (χ2v) is 4.45. The van der Waals surface area contributed by atoms with Gasteiger partial charge in [-0.2, -0.15) is 0 Å². The van der Waals surface area contributed by atoms with E-state index in [9.17, 15) is 4.79 Å². The molecular formula is C16H9NO3. The van der Waals surface area contributed by atoms with Crippen LogP contribution in [0.4, 0.5) is 0 Å². The molecule has 4 heteroatoms. The van der Waals surface area contributed by atoms with Crippen molar-refractivity contribution in [3.63, 3.8) is 0 Å². The van der Waals surface area contributed by atoms with E-state index >= 15 is 0 Å². The van der Waals surface area contributed by atoms with Gasteiger partial charge < -0.3 is 9.15 Å². The largest absolute Gasteiger partial charge is 0.440 e. The summed E-state index contributed by atoms with van der Waals surface area (Å²) in [5.74, 6) is -0.104. The first-order valence-corrected chi connectivity index (χ1v) is 6.19. The van der Waals surface area contributed by atoms with E-state index in [4.69, 9.17) is 9.15 Å². The Labute approximate surface area is 114 Å².